The summed E-state index contributed by atoms with van der Waals surface area (Å²) in [6, 6.07) is 0. The molecule has 0 spiro atoms. The van der Waals surface area contributed by atoms with Crippen molar-refractivity contribution in [2.24, 2.45) is 5.92 Å². The standard InChI is InChI=1S/C12H16N2O4S/c15-12(16)8-3-4-14-9(6-8)7-13-11(14)10-2-1-5-19(10,17)18/h7-8,10H,1-6H2,(H,15,16). The van der Waals surface area contributed by atoms with Gasteiger partial charge in [-0.05, 0) is 19.3 Å². The molecule has 0 amide bonds. The van der Waals surface area contributed by atoms with E-state index in [-0.39, 0.29) is 11.7 Å². The molecule has 104 valence electrons. The molecule has 3 heterocycles. The summed E-state index contributed by atoms with van der Waals surface area (Å²) in [5.74, 6) is -0.325. The first-order chi connectivity index (χ1) is 8.99. The lowest BCUT2D eigenvalue weighted by atomic mass is 9.96. The molecule has 19 heavy (non-hydrogen) atoms. The van der Waals surface area contributed by atoms with Crippen LogP contribution in [-0.4, -0.2) is 34.8 Å². The van der Waals surface area contributed by atoms with Crippen LogP contribution in [0.2, 0.25) is 0 Å². The molecule has 2 unspecified atom stereocenters. The van der Waals surface area contributed by atoms with Gasteiger partial charge in [0.15, 0.2) is 9.84 Å². The molecule has 1 N–H and O–H groups in total. The smallest absolute Gasteiger partial charge is 0.306 e. The Hall–Kier alpha value is -1.37. The summed E-state index contributed by atoms with van der Waals surface area (Å²) in [7, 11) is -3.07. The quantitative estimate of drug-likeness (QED) is 0.867. The van der Waals surface area contributed by atoms with Crippen LogP contribution in [0.4, 0.5) is 0 Å². The minimum atomic E-state index is -3.07. The second-order valence-electron chi connectivity index (χ2n) is 5.29. The number of hydrogen-bond acceptors (Lipinski definition) is 4. The number of hydrogen-bond donors (Lipinski definition) is 1. The van der Waals surface area contributed by atoms with Crippen LogP contribution in [0.3, 0.4) is 0 Å². The van der Waals surface area contributed by atoms with E-state index < -0.39 is 21.1 Å². The fourth-order valence-corrected chi connectivity index (χ4v) is 4.93. The van der Waals surface area contributed by atoms with E-state index in [1.807, 2.05) is 4.57 Å². The molecule has 7 heteroatoms. The molecule has 1 fully saturated rings. The minimum absolute atomic E-state index is 0.234. The maximum atomic E-state index is 12.0. The first-order valence-electron chi connectivity index (χ1n) is 6.48. The lowest BCUT2D eigenvalue weighted by Crippen LogP contribution is -2.27. The van der Waals surface area contributed by atoms with Crippen molar-refractivity contribution < 1.29 is 18.3 Å². The summed E-state index contributed by atoms with van der Waals surface area (Å²) in [4.78, 5) is 15.3. The summed E-state index contributed by atoms with van der Waals surface area (Å²) in [5, 5.41) is 8.54. The highest BCUT2D eigenvalue weighted by atomic mass is 32.2. The predicted octanol–water partition coefficient (Wildman–Crippen LogP) is 0.780. The molecule has 0 radical (unpaired) electrons. The largest absolute Gasteiger partial charge is 0.481 e. The number of aromatic nitrogens is 2. The maximum absolute atomic E-state index is 12.0. The third-order valence-electron chi connectivity index (χ3n) is 4.09. The van der Waals surface area contributed by atoms with Crippen LogP contribution < -0.4 is 0 Å². The number of sulfone groups is 1. The number of aliphatic carboxylic acids is 1. The van der Waals surface area contributed by atoms with E-state index in [0.717, 1.165) is 5.69 Å². The molecule has 0 aliphatic carbocycles. The van der Waals surface area contributed by atoms with Gasteiger partial charge in [-0.2, -0.15) is 0 Å². The van der Waals surface area contributed by atoms with E-state index in [4.69, 9.17) is 5.11 Å². The highest BCUT2D eigenvalue weighted by molar-refractivity contribution is 7.91. The zero-order valence-corrected chi connectivity index (χ0v) is 11.3. The molecule has 1 saturated heterocycles. The molecule has 0 aromatic carbocycles. The molecule has 6 nitrogen and oxygen atoms in total. The number of carboxylic acids is 1. The van der Waals surface area contributed by atoms with Gasteiger partial charge in [-0.15, -0.1) is 0 Å². The Bertz CT molecular complexity index is 620. The van der Waals surface area contributed by atoms with Crippen LogP contribution in [0.25, 0.3) is 0 Å². The fourth-order valence-electron chi connectivity index (χ4n) is 3.04. The Balaban J connectivity index is 1.93. The van der Waals surface area contributed by atoms with Gasteiger partial charge in [0.05, 0.1) is 11.7 Å². The van der Waals surface area contributed by atoms with Crippen molar-refractivity contribution in [3.8, 4) is 0 Å². The summed E-state index contributed by atoms with van der Waals surface area (Å²) >= 11 is 0. The lowest BCUT2D eigenvalue weighted by Gasteiger charge is -2.23. The Morgan fingerprint density at radius 2 is 2.21 bits per heavy atom. The molecule has 2 aliphatic heterocycles. The number of carbonyl (C=O) groups is 1. The molecular weight excluding hydrogens is 268 g/mol. The molecule has 2 aliphatic rings. The molecule has 1 aromatic heterocycles. The van der Waals surface area contributed by atoms with Gasteiger partial charge in [0.25, 0.3) is 0 Å². The highest BCUT2D eigenvalue weighted by Gasteiger charge is 2.37. The maximum Gasteiger partial charge on any atom is 0.306 e. The zero-order valence-electron chi connectivity index (χ0n) is 10.4. The van der Waals surface area contributed by atoms with Gasteiger partial charge in [0.1, 0.15) is 11.1 Å². The summed E-state index contributed by atoms with van der Waals surface area (Å²) < 4.78 is 25.9. The van der Waals surface area contributed by atoms with Crippen LogP contribution >= 0.6 is 0 Å². The van der Waals surface area contributed by atoms with Crippen LogP contribution in [0.15, 0.2) is 6.20 Å². The molecular formula is C12H16N2O4S. The Kier molecular flexibility index (Phi) is 2.88. The van der Waals surface area contributed by atoms with E-state index in [1.165, 1.54) is 0 Å². The second kappa shape index (κ2) is 4.33. The zero-order chi connectivity index (χ0) is 13.6. The minimum Gasteiger partial charge on any atom is -0.481 e. The van der Waals surface area contributed by atoms with Crippen molar-refractivity contribution in [2.45, 2.75) is 37.5 Å². The van der Waals surface area contributed by atoms with Crippen LogP contribution in [-0.2, 0) is 27.6 Å². The van der Waals surface area contributed by atoms with Gasteiger partial charge >= 0.3 is 5.97 Å². The molecule has 3 rings (SSSR count). The van der Waals surface area contributed by atoms with Crippen molar-refractivity contribution in [1.82, 2.24) is 9.55 Å². The van der Waals surface area contributed by atoms with E-state index >= 15 is 0 Å². The van der Waals surface area contributed by atoms with Crippen molar-refractivity contribution in [1.29, 1.82) is 0 Å². The van der Waals surface area contributed by atoms with E-state index in [0.29, 0.717) is 38.1 Å². The van der Waals surface area contributed by atoms with Gasteiger partial charge in [-0.3, -0.25) is 4.79 Å². The number of nitrogens with zero attached hydrogens (tertiary/aromatic N) is 2. The molecule has 2 atom stereocenters. The van der Waals surface area contributed by atoms with E-state index in [2.05, 4.69) is 4.98 Å². The highest BCUT2D eigenvalue weighted by Crippen LogP contribution is 2.35. The first kappa shape index (κ1) is 12.7. The summed E-state index contributed by atoms with van der Waals surface area (Å²) in [5.41, 5.74) is 0.843. The monoisotopic (exact) mass is 284 g/mol. The van der Waals surface area contributed by atoms with Crippen molar-refractivity contribution in [2.75, 3.05) is 5.75 Å². The molecule has 1 aromatic rings. The molecule has 0 saturated carbocycles. The first-order valence-corrected chi connectivity index (χ1v) is 8.19. The van der Waals surface area contributed by atoms with Gasteiger partial charge in [0, 0.05) is 24.9 Å². The Morgan fingerprint density at radius 1 is 1.42 bits per heavy atom. The topological polar surface area (TPSA) is 89.3 Å². The second-order valence-corrected chi connectivity index (χ2v) is 7.59. The van der Waals surface area contributed by atoms with Gasteiger partial charge in [-0.1, -0.05) is 0 Å². The van der Waals surface area contributed by atoms with Crippen LogP contribution in [0.5, 0.6) is 0 Å². The molecule has 0 bridgehead atoms. The van der Waals surface area contributed by atoms with Crippen molar-refractivity contribution in [3.63, 3.8) is 0 Å². The fraction of sp³-hybridized carbons (Fsp3) is 0.667. The Morgan fingerprint density at radius 3 is 2.84 bits per heavy atom. The lowest BCUT2D eigenvalue weighted by molar-refractivity contribution is -0.142. The average molecular weight is 284 g/mol. The third-order valence-corrected chi connectivity index (χ3v) is 6.26. The van der Waals surface area contributed by atoms with Gasteiger partial charge < -0.3 is 9.67 Å². The Labute approximate surface area is 111 Å². The van der Waals surface area contributed by atoms with Crippen molar-refractivity contribution in [3.05, 3.63) is 17.7 Å². The van der Waals surface area contributed by atoms with Gasteiger partial charge in [0.2, 0.25) is 0 Å². The van der Waals surface area contributed by atoms with Crippen LogP contribution in [0, 0.1) is 5.92 Å². The van der Waals surface area contributed by atoms with E-state index in [9.17, 15) is 13.2 Å². The van der Waals surface area contributed by atoms with E-state index in [1.54, 1.807) is 6.20 Å². The number of rotatable bonds is 2. The SMILES string of the molecule is O=C(O)C1CCn2c(cnc2C2CCCS2(=O)=O)C1. The average Bonchev–Trinajstić information content (AvgIpc) is 2.90. The predicted molar refractivity (Wildman–Crippen MR) is 67.4 cm³/mol. The van der Waals surface area contributed by atoms with Crippen molar-refractivity contribution >= 4 is 15.8 Å². The summed E-state index contributed by atoms with van der Waals surface area (Å²) in [6.07, 6.45) is 3.93. The van der Waals surface area contributed by atoms with Crippen LogP contribution in [0.1, 0.15) is 36.0 Å². The van der Waals surface area contributed by atoms with Gasteiger partial charge in [-0.25, -0.2) is 13.4 Å². The summed E-state index contributed by atoms with van der Waals surface area (Å²) in [6.45, 7) is 0.549. The number of fused-ring (bicyclic) bond motifs is 1. The number of carboxylic acid groups (broad SMARTS) is 1. The third kappa shape index (κ3) is 2.05. The number of imidazole rings is 1. The normalized spacial score (nSPS) is 29.1.